The molecule has 3 heteroatoms. The largest absolute Gasteiger partial charge is 0.388 e. The van der Waals surface area contributed by atoms with Crippen molar-refractivity contribution in [1.29, 1.82) is 0 Å². The van der Waals surface area contributed by atoms with Gasteiger partial charge in [-0.05, 0) is 31.5 Å². The molecule has 2 nitrogen and oxygen atoms in total. The van der Waals surface area contributed by atoms with E-state index in [4.69, 9.17) is 16.3 Å². The van der Waals surface area contributed by atoms with Gasteiger partial charge in [0.1, 0.15) is 0 Å². The lowest BCUT2D eigenvalue weighted by atomic mass is 9.96. The highest BCUT2D eigenvalue weighted by atomic mass is 35.5. The second-order valence-electron chi connectivity index (χ2n) is 4.24. The molecule has 0 bridgehead atoms. The zero-order valence-electron chi connectivity index (χ0n) is 9.33. The summed E-state index contributed by atoms with van der Waals surface area (Å²) in [6.07, 6.45) is 0.0442. The first kappa shape index (κ1) is 12.5. The Kier molecular flexibility index (Phi) is 4.14. The van der Waals surface area contributed by atoms with E-state index in [0.29, 0.717) is 11.4 Å². The summed E-state index contributed by atoms with van der Waals surface area (Å²) in [4.78, 5) is 0. The average molecular weight is 229 g/mol. The van der Waals surface area contributed by atoms with Crippen LogP contribution in [0.3, 0.4) is 0 Å². The number of ether oxygens (including phenoxy) is 1. The molecule has 84 valence electrons. The number of benzene rings is 1. The van der Waals surface area contributed by atoms with E-state index >= 15 is 0 Å². The molecule has 0 aliphatic heterocycles. The van der Waals surface area contributed by atoms with Crippen molar-refractivity contribution >= 4 is 11.6 Å². The Balaban J connectivity index is 2.69. The van der Waals surface area contributed by atoms with Crippen LogP contribution in [0.25, 0.3) is 0 Å². The molecular formula is C12H17ClO2. The molecule has 0 saturated heterocycles. The Bertz CT molecular complexity index is 306. The summed E-state index contributed by atoms with van der Waals surface area (Å²) in [6.45, 7) is 3.90. The maximum Gasteiger partial charge on any atom is 0.0817 e. The van der Waals surface area contributed by atoms with Gasteiger partial charge < -0.3 is 9.84 Å². The van der Waals surface area contributed by atoms with E-state index in [1.165, 1.54) is 0 Å². The molecule has 1 N–H and O–H groups in total. The van der Waals surface area contributed by atoms with Crippen molar-refractivity contribution in [3.8, 4) is 0 Å². The van der Waals surface area contributed by atoms with E-state index < -0.39 is 6.10 Å². The van der Waals surface area contributed by atoms with E-state index in [1.807, 2.05) is 26.0 Å². The first-order chi connectivity index (χ1) is 6.94. The quantitative estimate of drug-likeness (QED) is 0.858. The second-order valence-corrected chi connectivity index (χ2v) is 4.67. The Labute approximate surface area is 95.8 Å². The number of hydrogen-bond acceptors (Lipinski definition) is 2. The van der Waals surface area contributed by atoms with Crippen LogP contribution in [0.4, 0.5) is 0 Å². The molecule has 0 saturated carbocycles. The highest BCUT2D eigenvalue weighted by Crippen LogP contribution is 2.26. The Hall–Kier alpha value is -0.570. The average Bonchev–Trinajstić information content (AvgIpc) is 2.18. The molecule has 1 aromatic rings. The molecule has 1 unspecified atom stereocenters. The summed E-state index contributed by atoms with van der Waals surface area (Å²) in [7, 11) is 1.65. The van der Waals surface area contributed by atoms with Gasteiger partial charge in [0.15, 0.2) is 0 Å². The van der Waals surface area contributed by atoms with Crippen LogP contribution >= 0.6 is 11.6 Å². The fourth-order valence-electron chi connectivity index (χ4n) is 1.35. The fourth-order valence-corrected chi connectivity index (χ4v) is 1.48. The van der Waals surface area contributed by atoms with Crippen LogP contribution in [-0.4, -0.2) is 17.8 Å². The molecule has 0 aliphatic rings. The Morgan fingerprint density at radius 3 is 2.33 bits per heavy atom. The zero-order chi connectivity index (χ0) is 11.5. The standard InChI is InChI=1S/C12H17ClO2/c1-12(2,15-3)8-11(14)9-4-6-10(13)7-5-9/h4-7,11,14H,8H2,1-3H3. The molecule has 1 rings (SSSR count). The van der Waals surface area contributed by atoms with E-state index in [2.05, 4.69) is 0 Å². The monoisotopic (exact) mass is 228 g/mol. The third kappa shape index (κ3) is 3.82. The van der Waals surface area contributed by atoms with Crippen LogP contribution in [0.1, 0.15) is 31.9 Å². The summed E-state index contributed by atoms with van der Waals surface area (Å²) < 4.78 is 5.27. The summed E-state index contributed by atoms with van der Waals surface area (Å²) >= 11 is 5.77. The molecule has 0 spiro atoms. The van der Waals surface area contributed by atoms with Crippen LogP contribution in [-0.2, 0) is 4.74 Å². The minimum Gasteiger partial charge on any atom is -0.388 e. The molecule has 15 heavy (non-hydrogen) atoms. The van der Waals surface area contributed by atoms with Crippen LogP contribution in [0, 0.1) is 0 Å². The molecule has 1 atom stereocenters. The number of hydrogen-bond donors (Lipinski definition) is 1. The van der Waals surface area contributed by atoms with Gasteiger partial charge in [0.25, 0.3) is 0 Å². The summed E-state index contributed by atoms with van der Waals surface area (Å²) in [6, 6.07) is 7.22. The zero-order valence-corrected chi connectivity index (χ0v) is 10.1. The Morgan fingerprint density at radius 2 is 1.87 bits per heavy atom. The van der Waals surface area contributed by atoms with Gasteiger partial charge in [0, 0.05) is 18.6 Å². The maximum atomic E-state index is 9.96. The number of aliphatic hydroxyl groups is 1. The van der Waals surface area contributed by atoms with Crippen molar-refractivity contribution in [3.05, 3.63) is 34.9 Å². The third-order valence-electron chi connectivity index (χ3n) is 2.49. The number of halogens is 1. The molecule has 0 amide bonds. The normalized spacial score (nSPS) is 13.9. The van der Waals surface area contributed by atoms with E-state index in [0.717, 1.165) is 5.56 Å². The molecule has 0 aliphatic carbocycles. The van der Waals surface area contributed by atoms with Gasteiger partial charge in [-0.25, -0.2) is 0 Å². The van der Waals surface area contributed by atoms with Crippen LogP contribution in [0.2, 0.25) is 5.02 Å². The van der Waals surface area contributed by atoms with Gasteiger partial charge in [-0.1, -0.05) is 23.7 Å². The predicted octanol–water partition coefficient (Wildman–Crippen LogP) is 3.19. The number of methoxy groups -OCH3 is 1. The molecule has 0 radical (unpaired) electrons. The predicted molar refractivity (Wildman–Crippen MR) is 62.1 cm³/mol. The van der Waals surface area contributed by atoms with Crippen molar-refractivity contribution in [2.45, 2.75) is 32.0 Å². The van der Waals surface area contributed by atoms with Gasteiger partial charge in [-0.2, -0.15) is 0 Å². The van der Waals surface area contributed by atoms with Gasteiger partial charge in [-0.15, -0.1) is 0 Å². The van der Waals surface area contributed by atoms with Crippen LogP contribution < -0.4 is 0 Å². The summed E-state index contributed by atoms with van der Waals surface area (Å²) in [5.41, 5.74) is 0.545. The first-order valence-electron chi connectivity index (χ1n) is 4.93. The van der Waals surface area contributed by atoms with E-state index in [-0.39, 0.29) is 5.60 Å². The van der Waals surface area contributed by atoms with Crippen molar-refractivity contribution in [1.82, 2.24) is 0 Å². The minimum atomic E-state index is -0.516. The lowest BCUT2D eigenvalue weighted by Crippen LogP contribution is -2.25. The second kappa shape index (κ2) is 4.97. The number of aliphatic hydroxyl groups excluding tert-OH is 1. The Morgan fingerprint density at radius 1 is 1.33 bits per heavy atom. The summed E-state index contributed by atoms with van der Waals surface area (Å²) in [5.74, 6) is 0. The first-order valence-corrected chi connectivity index (χ1v) is 5.31. The van der Waals surface area contributed by atoms with Crippen molar-refractivity contribution in [2.24, 2.45) is 0 Å². The van der Waals surface area contributed by atoms with Gasteiger partial charge >= 0.3 is 0 Å². The molecule has 0 aromatic heterocycles. The van der Waals surface area contributed by atoms with E-state index in [1.54, 1.807) is 19.2 Å². The minimum absolute atomic E-state index is 0.320. The highest BCUT2D eigenvalue weighted by molar-refractivity contribution is 6.30. The van der Waals surface area contributed by atoms with Crippen LogP contribution in [0.15, 0.2) is 24.3 Å². The smallest absolute Gasteiger partial charge is 0.0817 e. The highest BCUT2D eigenvalue weighted by Gasteiger charge is 2.22. The van der Waals surface area contributed by atoms with Gasteiger partial charge in [0.05, 0.1) is 11.7 Å². The van der Waals surface area contributed by atoms with Gasteiger partial charge in [-0.3, -0.25) is 0 Å². The molecule has 0 fully saturated rings. The summed E-state index contributed by atoms with van der Waals surface area (Å²) in [5, 5.41) is 10.6. The topological polar surface area (TPSA) is 29.5 Å². The SMILES string of the molecule is COC(C)(C)CC(O)c1ccc(Cl)cc1. The van der Waals surface area contributed by atoms with Gasteiger partial charge in [0.2, 0.25) is 0 Å². The lowest BCUT2D eigenvalue weighted by molar-refractivity contribution is -0.0200. The maximum absolute atomic E-state index is 9.96. The third-order valence-corrected chi connectivity index (χ3v) is 2.74. The van der Waals surface area contributed by atoms with Crippen molar-refractivity contribution in [3.63, 3.8) is 0 Å². The molecule has 0 heterocycles. The van der Waals surface area contributed by atoms with Crippen molar-refractivity contribution < 1.29 is 9.84 Å². The van der Waals surface area contributed by atoms with Crippen molar-refractivity contribution in [2.75, 3.05) is 7.11 Å². The van der Waals surface area contributed by atoms with E-state index in [9.17, 15) is 5.11 Å². The number of rotatable bonds is 4. The molecular weight excluding hydrogens is 212 g/mol. The lowest BCUT2D eigenvalue weighted by Gasteiger charge is -2.26. The fraction of sp³-hybridized carbons (Fsp3) is 0.500. The molecule has 1 aromatic carbocycles. The van der Waals surface area contributed by atoms with Crippen LogP contribution in [0.5, 0.6) is 0 Å².